The number of nitrogen functional groups attached to an aromatic ring is 3. The normalized spacial score (nSPS) is 10.8. The maximum absolute atomic E-state index is 5.67. The van der Waals surface area contributed by atoms with Crippen LogP contribution in [0.1, 0.15) is 5.56 Å². The van der Waals surface area contributed by atoms with E-state index >= 15 is 0 Å². The predicted molar refractivity (Wildman–Crippen MR) is 54.1 cm³/mol. The number of benzene rings is 1. The maximum Gasteiger partial charge on any atom is 0.0429 e. The molecule has 1 rings (SSSR count). The van der Waals surface area contributed by atoms with E-state index in [0.29, 0.717) is 17.1 Å². The molecule has 0 amide bonds. The minimum atomic E-state index is 0.575. The molecule has 3 heteroatoms. The van der Waals surface area contributed by atoms with Crippen molar-refractivity contribution in [3.05, 3.63) is 30.7 Å². The lowest BCUT2D eigenvalue weighted by Gasteiger charge is -2.05. The van der Waals surface area contributed by atoms with Crippen molar-refractivity contribution in [2.24, 2.45) is 0 Å². The van der Waals surface area contributed by atoms with Crippen LogP contribution >= 0.6 is 0 Å². The Balaban J connectivity index is 3.28. The first-order valence-electron chi connectivity index (χ1n) is 3.55. The van der Waals surface area contributed by atoms with Crippen molar-refractivity contribution in [1.29, 1.82) is 0 Å². The maximum atomic E-state index is 5.67. The minimum absolute atomic E-state index is 0.575. The third-order valence-electron chi connectivity index (χ3n) is 1.55. The molecule has 0 spiro atoms. The fourth-order valence-corrected chi connectivity index (χ4v) is 1.03. The van der Waals surface area contributed by atoms with E-state index in [1.165, 1.54) is 0 Å². The Kier molecular flexibility index (Phi) is 2.24. The molecule has 63 valence electrons. The molecule has 0 fully saturated rings. The smallest absolute Gasteiger partial charge is 0.0429 e. The van der Waals surface area contributed by atoms with E-state index in [1.54, 1.807) is 24.3 Å². The van der Waals surface area contributed by atoms with Gasteiger partial charge in [-0.15, -0.1) is 0 Å². The largest absolute Gasteiger partial charge is 0.399 e. The molecule has 0 aliphatic carbocycles. The average Bonchev–Trinajstić information content (AvgIpc) is 1.96. The number of rotatable bonds is 1. The summed E-state index contributed by atoms with van der Waals surface area (Å²) in [4.78, 5) is 0. The molecule has 0 heterocycles. The van der Waals surface area contributed by atoms with Crippen molar-refractivity contribution < 1.29 is 0 Å². The van der Waals surface area contributed by atoms with Crippen LogP contribution in [0, 0.1) is 6.92 Å². The molecule has 6 N–H and O–H groups in total. The summed E-state index contributed by atoms with van der Waals surface area (Å²) in [5, 5.41) is 0. The van der Waals surface area contributed by atoms with Crippen LogP contribution < -0.4 is 17.2 Å². The molecule has 3 nitrogen and oxygen atoms in total. The lowest BCUT2D eigenvalue weighted by molar-refractivity contribution is 1.61. The molecule has 1 aromatic rings. The monoisotopic (exact) mass is 162 g/mol. The van der Waals surface area contributed by atoms with Gasteiger partial charge in [0.2, 0.25) is 0 Å². The topological polar surface area (TPSA) is 78.1 Å². The van der Waals surface area contributed by atoms with Gasteiger partial charge in [-0.2, -0.15) is 0 Å². The molecule has 0 unspecified atom stereocenters. The number of anilines is 3. The van der Waals surface area contributed by atoms with Gasteiger partial charge in [0, 0.05) is 22.6 Å². The van der Waals surface area contributed by atoms with Crippen molar-refractivity contribution in [2.75, 3.05) is 17.2 Å². The second-order valence-corrected chi connectivity index (χ2v) is 2.52. The predicted octanol–water partition coefficient (Wildman–Crippen LogP) is 1.28. The molecule has 0 atom stereocenters. The van der Waals surface area contributed by atoms with Gasteiger partial charge in [-0.25, -0.2) is 0 Å². The fraction of sp³-hybridized carbons (Fsp3) is 0. The average molecular weight is 162 g/mol. The van der Waals surface area contributed by atoms with Gasteiger partial charge in [0.1, 0.15) is 0 Å². The summed E-state index contributed by atoms with van der Waals surface area (Å²) in [6.07, 6.45) is 3.39. The highest BCUT2D eigenvalue weighted by atomic mass is 14.7. The summed E-state index contributed by atoms with van der Waals surface area (Å²) in [6, 6.07) is 3.34. The van der Waals surface area contributed by atoms with Gasteiger partial charge in [-0.3, -0.25) is 0 Å². The van der Waals surface area contributed by atoms with Crippen molar-refractivity contribution in [1.82, 2.24) is 0 Å². The van der Waals surface area contributed by atoms with Crippen LogP contribution in [0.4, 0.5) is 17.1 Å². The summed E-state index contributed by atoms with van der Waals surface area (Å²) in [5.41, 5.74) is 19.4. The van der Waals surface area contributed by atoms with E-state index in [1.807, 2.05) is 0 Å². The Hall–Kier alpha value is -1.64. The summed E-state index contributed by atoms with van der Waals surface area (Å²) < 4.78 is 0. The van der Waals surface area contributed by atoms with E-state index in [0.717, 1.165) is 5.56 Å². The third-order valence-corrected chi connectivity index (χ3v) is 1.55. The van der Waals surface area contributed by atoms with Crippen molar-refractivity contribution in [3.63, 3.8) is 0 Å². The first-order valence-corrected chi connectivity index (χ1v) is 3.55. The fourth-order valence-electron chi connectivity index (χ4n) is 1.03. The Labute approximate surface area is 71.9 Å². The molecule has 0 bridgehead atoms. The van der Waals surface area contributed by atoms with Crippen molar-refractivity contribution in [2.45, 2.75) is 0 Å². The summed E-state index contributed by atoms with van der Waals surface area (Å²) in [5.74, 6) is 0. The molecule has 0 aliphatic rings. The molecule has 12 heavy (non-hydrogen) atoms. The van der Waals surface area contributed by atoms with Crippen LogP contribution in [0.15, 0.2) is 18.2 Å². The Morgan fingerprint density at radius 1 is 1.08 bits per heavy atom. The zero-order valence-electron chi connectivity index (χ0n) is 6.75. The summed E-state index contributed by atoms with van der Waals surface area (Å²) >= 11 is 0. The highest BCUT2D eigenvalue weighted by molar-refractivity contribution is 5.79. The molecule has 1 radical (unpaired) electrons. The van der Waals surface area contributed by atoms with Crippen molar-refractivity contribution in [3.8, 4) is 0 Å². The second-order valence-electron chi connectivity index (χ2n) is 2.52. The zero-order valence-corrected chi connectivity index (χ0v) is 6.75. The molecule has 0 saturated heterocycles. The first-order chi connectivity index (χ1) is 5.65. The van der Waals surface area contributed by atoms with E-state index in [-0.39, 0.29) is 0 Å². The van der Waals surface area contributed by atoms with Crippen LogP contribution in [0.25, 0.3) is 6.08 Å². The third kappa shape index (κ3) is 1.50. The number of nitrogens with two attached hydrogens (primary N) is 3. The molecule has 0 aliphatic heterocycles. The van der Waals surface area contributed by atoms with Gasteiger partial charge < -0.3 is 17.2 Å². The van der Waals surface area contributed by atoms with Crippen LogP contribution in [-0.4, -0.2) is 0 Å². The van der Waals surface area contributed by atoms with Gasteiger partial charge in [-0.05, 0) is 19.1 Å². The van der Waals surface area contributed by atoms with Gasteiger partial charge in [-0.1, -0.05) is 12.2 Å². The van der Waals surface area contributed by atoms with Crippen LogP contribution in [0.2, 0.25) is 0 Å². The number of allylic oxidation sites excluding steroid dienone is 1. The summed E-state index contributed by atoms with van der Waals surface area (Å²) in [6.45, 7) is 3.56. The second kappa shape index (κ2) is 3.17. The molecule has 1 aromatic carbocycles. The molecule has 0 aromatic heterocycles. The highest BCUT2D eigenvalue weighted by Gasteiger charge is 2.00. The zero-order chi connectivity index (χ0) is 9.14. The lowest BCUT2D eigenvalue weighted by atomic mass is 10.1. The van der Waals surface area contributed by atoms with Crippen LogP contribution in [-0.2, 0) is 0 Å². The number of hydrogen-bond donors (Lipinski definition) is 3. The van der Waals surface area contributed by atoms with E-state index < -0.39 is 0 Å². The molecule has 0 saturated carbocycles. The standard InChI is InChI=1S/C9H12N3/c1-2-3-7-8(11)4-6(10)5-9(7)12/h2-5H,1,10-12H2/b3-2+. The highest BCUT2D eigenvalue weighted by Crippen LogP contribution is 2.24. The lowest BCUT2D eigenvalue weighted by Crippen LogP contribution is -1.98. The SMILES string of the molecule is [CH2]/C=C/c1c(N)cc(N)cc1N. The Morgan fingerprint density at radius 3 is 2.00 bits per heavy atom. The number of hydrogen-bond acceptors (Lipinski definition) is 3. The van der Waals surface area contributed by atoms with Gasteiger partial charge >= 0.3 is 0 Å². The molecular weight excluding hydrogens is 150 g/mol. The Morgan fingerprint density at radius 2 is 1.58 bits per heavy atom. The van der Waals surface area contributed by atoms with Crippen LogP contribution in [0.3, 0.4) is 0 Å². The summed E-state index contributed by atoms with van der Waals surface area (Å²) in [7, 11) is 0. The van der Waals surface area contributed by atoms with Crippen molar-refractivity contribution >= 4 is 23.1 Å². The van der Waals surface area contributed by atoms with E-state index in [9.17, 15) is 0 Å². The quantitative estimate of drug-likeness (QED) is 0.544. The van der Waals surface area contributed by atoms with Crippen LogP contribution in [0.5, 0.6) is 0 Å². The van der Waals surface area contributed by atoms with Gasteiger partial charge in [0.05, 0.1) is 0 Å². The first kappa shape index (κ1) is 8.46. The van der Waals surface area contributed by atoms with E-state index in [2.05, 4.69) is 6.92 Å². The molecular formula is C9H12N3. The van der Waals surface area contributed by atoms with Gasteiger partial charge in [0.25, 0.3) is 0 Å². The van der Waals surface area contributed by atoms with E-state index in [4.69, 9.17) is 17.2 Å². The van der Waals surface area contributed by atoms with Gasteiger partial charge in [0.15, 0.2) is 0 Å². The Bertz CT molecular complexity index is 293. The minimum Gasteiger partial charge on any atom is -0.399 e.